The molecule has 1 heterocycles. The van der Waals surface area contributed by atoms with Crippen molar-refractivity contribution in [1.29, 1.82) is 0 Å². The van der Waals surface area contributed by atoms with E-state index in [1.165, 1.54) is 30.3 Å². The molecule has 5 rings (SSSR count). The molecule has 4 nitrogen and oxygen atoms in total. The second kappa shape index (κ2) is 11.7. The number of carbonyl (C=O) groups is 1. The first-order valence-corrected chi connectivity index (χ1v) is 12.8. The summed E-state index contributed by atoms with van der Waals surface area (Å²) in [5, 5.41) is 0.487. The number of benzene rings is 4. The number of ether oxygens (including phenoxy) is 2. The van der Waals surface area contributed by atoms with Gasteiger partial charge in [0.05, 0.1) is 17.5 Å². The molecule has 10 heteroatoms. The van der Waals surface area contributed by atoms with Gasteiger partial charge in [0, 0.05) is 17.2 Å². The van der Waals surface area contributed by atoms with Gasteiger partial charge in [0.15, 0.2) is 0 Å². The molecule has 0 spiro atoms. The molecule has 0 aliphatic carbocycles. The van der Waals surface area contributed by atoms with Crippen molar-refractivity contribution in [3.8, 4) is 16.9 Å². The molecule has 41 heavy (non-hydrogen) atoms. The average Bonchev–Trinajstić information content (AvgIpc) is 3.36. The van der Waals surface area contributed by atoms with Gasteiger partial charge < -0.3 is 9.47 Å². The summed E-state index contributed by atoms with van der Waals surface area (Å²) in [4.78, 5) is 17.8. The minimum absolute atomic E-state index is 0.0423. The van der Waals surface area contributed by atoms with Crippen LogP contribution in [-0.2, 0) is 16.1 Å². The zero-order valence-corrected chi connectivity index (χ0v) is 21.9. The van der Waals surface area contributed by atoms with Crippen molar-refractivity contribution in [3.63, 3.8) is 0 Å². The predicted molar refractivity (Wildman–Crippen MR) is 144 cm³/mol. The third-order valence-electron chi connectivity index (χ3n) is 6.59. The largest absolute Gasteiger partial charge is 0.573 e. The summed E-state index contributed by atoms with van der Waals surface area (Å²) < 4.78 is 76.1. The molecular weight excluding hydrogens is 565 g/mol. The zero-order valence-electron chi connectivity index (χ0n) is 21.2. The monoisotopic (exact) mass is 585 g/mol. The standard InChI is InChI=1S/C31H21ClF5NO3/c32-22-4-1-3-18(15-22)17-40-30(39)24-16-27(28-25(33)5-2-6-26(28)34)38-29(24)21-9-7-19(8-10-21)20-11-13-23(14-12-20)41-31(35,36)37/h1-15,24,29H,16-17H2/t24-,29-/m0/s1. The first-order valence-electron chi connectivity index (χ1n) is 12.5. The van der Waals surface area contributed by atoms with Gasteiger partial charge in [-0.1, -0.05) is 66.2 Å². The second-order valence-corrected chi connectivity index (χ2v) is 9.80. The molecule has 4 aromatic carbocycles. The Morgan fingerprint density at radius 1 is 0.878 bits per heavy atom. The van der Waals surface area contributed by atoms with E-state index in [9.17, 15) is 26.7 Å². The van der Waals surface area contributed by atoms with Crippen LogP contribution in [0.2, 0.25) is 5.02 Å². The number of alkyl halides is 3. The van der Waals surface area contributed by atoms with E-state index in [1.807, 2.05) is 0 Å². The molecule has 0 aromatic heterocycles. The smallest absolute Gasteiger partial charge is 0.461 e. The summed E-state index contributed by atoms with van der Waals surface area (Å²) in [5.74, 6) is -3.36. The van der Waals surface area contributed by atoms with Crippen LogP contribution in [0.1, 0.15) is 29.2 Å². The molecule has 1 aliphatic heterocycles. The highest BCUT2D eigenvalue weighted by atomic mass is 35.5. The number of carbonyl (C=O) groups excluding carboxylic acids is 1. The van der Waals surface area contributed by atoms with Gasteiger partial charge in [-0.15, -0.1) is 13.2 Å². The summed E-state index contributed by atoms with van der Waals surface area (Å²) in [5.41, 5.74) is 2.42. The normalized spacial score (nSPS) is 16.8. The third-order valence-corrected chi connectivity index (χ3v) is 6.82. The Balaban J connectivity index is 1.40. The van der Waals surface area contributed by atoms with Crippen molar-refractivity contribution in [2.75, 3.05) is 0 Å². The van der Waals surface area contributed by atoms with E-state index >= 15 is 0 Å². The predicted octanol–water partition coefficient (Wildman–Crippen LogP) is 8.48. The highest BCUT2D eigenvalue weighted by Gasteiger charge is 2.39. The molecular formula is C31H21ClF5NO3. The van der Waals surface area contributed by atoms with E-state index in [-0.39, 0.29) is 30.1 Å². The van der Waals surface area contributed by atoms with Gasteiger partial charge in [-0.05, 0) is 58.7 Å². The van der Waals surface area contributed by atoms with Crippen LogP contribution in [0.3, 0.4) is 0 Å². The van der Waals surface area contributed by atoms with Crippen LogP contribution in [-0.4, -0.2) is 18.0 Å². The van der Waals surface area contributed by atoms with Gasteiger partial charge in [-0.25, -0.2) is 8.78 Å². The van der Waals surface area contributed by atoms with E-state index in [2.05, 4.69) is 9.73 Å². The van der Waals surface area contributed by atoms with E-state index in [0.29, 0.717) is 27.3 Å². The third kappa shape index (κ3) is 6.74. The lowest BCUT2D eigenvalue weighted by molar-refractivity contribution is -0.274. The number of nitrogens with zero attached hydrogens (tertiary/aromatic N) is 1. The van der Waals surface area contributed by atoms with Crippen LogP contribution < -0.4 is 4.74 Å². The lowest BCUT2D eigenvalue weighted by atomic mass is 9.90. The summed E-state index contributed by atoms with van der Waals surface area (Å²) >= 11 is 6.02. The topological polar surface area (TPSA) is 47.9 Å². The lowest BCUT2D eigenvalue weighted by Crippen LogP contribution is -2.22. The molecule has 210 valence electrons. The summed E-state index contributed by atoms with van der Waals surface area (Å²) in [6, 6.07) is 21.8. The first-order chi connectivity index (χ1) is 19.6. The molecule has 2 atom stereocenters. The van der Waals surface area contributed by atoms with Crippen molar-refractivity contribution in [1.82, 2.24) is 0 Å². The maximum atomic E-state index is 14.6. The number of halogens is 6. The van der Waals surface area contributed by atoms with Gasteiger partial charge in [0.25, 0.3) is 0 Å². The Morgan fingerprint density at radius 2 is 1.49 bits per heavy atom. The molecule has 0 N–H and O–H groups in total. The second-order valence-electron chi connectivity index (χ2n) is 9.36. The number of hydrogen-bond donors (Lipinski definition) is 0. The molecule has 0 saturated heterocycles. The quantitative estimate of drug-likeness (QED) is 0.161. The highest BCUT2D eigenvalue weighted by molar-refractivity contribution is 6.30. The molecule has 0 bridgehead atoms. The molecule has 1 aliphatic rings. The fourth-order valence-electron chi connectivity index (χ4n) is 4.70. The van der Waals surface area contributed by atoms with Gasteiger partial charge in [0.2, 0.25) is 0 Å². The van der Waals surface area contributed by atoms with Crippen LogP contribution in [0.15, 0.2) is 96.0 Å². The molecule has 0 fully saturated rings. The SMILES string of the molecule is O=C(OCc1cccc(Cl)c1)[C@H]1CC(c2c(F)cccc2F)=N[C@H]1c1ccc(-c2ccc(OC(F)(F)F)cc2)cc1. The number of aliphatic imine (C=N–C) groups is 1. The summed E-state index contributed by atoms with van der Waals surface area (Å²) in [7, 11) is 0. The first kappa shape index (κ1) is 28.3. The van der Waals surface area contributed by atoms with E-state index < -0.39 is 35.9 Å². The van der Waals surface area contributed by atoms with Crippen LogP contribution in [0.4, 0.5) is 22.0 Å². The Kier molecular flexibility index (Phi) is 8.08. The number of rotatable bonds is 7. The minimum atomic E-state index is -4.79. The average molecular weight is 586 g/mol. The lowest BCUT2D eigenvalue weighted by Gasteiger charge is -2.18. The molecule has 0 saturated carbocycles. The Hall–Kier alpha value is -4.24. The van der Waals surface area contributed by atoms with Crippen molar-refractivity contribution in [2.24, 2.45) is 10.9 Å². The van der Waals surface area contributed by atoms with Crippen molar-refractivity contribution >= 4 is 23.3 Å². The van der Waals surface area contributed by atoms with Gasteiger partial charge in [0.1, 0.15) is 24.0 Å². The van der Waals surface area contributed by atoms with Gasteiger partial charge >= 0.3 is 12.3 Å². The van der Waals surface area contributed by atoms with Crippen molar-refractivity contribution in [3.05, 3.63) is 124 Å². The Labute approximate surface area is 237 Å². The summed E-state index contributed by atoms with van der Waals surface area (Å²) in [6.45, 7) is -0.0427. The Bertz CT molecular complexity index is 1570. The van der Waals surface area contributed by atoms with Crippen LogP contribution in [0.25, 0.3) is 11.1 Å². The molecule has 0 amide bonds. The zero-order chi connectivity index (χ0) is 29.1. The number of hydrogen-bond acceptors (Lipinski definition) is 4. The van der Waals surface area contributed by atoms with Crippen LogP contribution in [0, 0.1) is 17.6 Å². The number of esters is 1. The molecule has 0 unspecified atom stereocenters. The maximum absolute atomic E-state index is 14.6. The fraction of sp³-hybridized carbons (Fsp3) is 0.161. The van der Waals surface area contributed by atoms with E-state index in [4.69, 9.17) is 16.3 Å². The van der Waals surface area contributed by atoms with E-state index in [1.54, 1.807) is 48.5 Å². The molecule has 4 aromatic rings. The fourth-order valence-corrected chi connectivity index (χ4v) is 4.91. The van der Waals surface area contributed by atoms with Gasteiger partial charge in [-0.3, -0.25) is 9.79 Å². The minimum Gasteiger partial charge on any atom is -0.461 e. The van der Waals surface area contributed by atoms with Crippen molar-refractivity contribution < 1.29 is 36.2 Å². The van der Waals surface area contributed by atoms with Gasteiger partial charge in [-0.2, -0.15) is 0 Å². The Morgan fingerprint density at radius 3 is 2.10 bits per heavy atom. The molecule has 0 radical (unpaired) electrons. The van der Waals surface area contributed by atoms with Crippen LogP contribution in [0.5, 0.6) is 5.75 Å². The summed E-state index contributed by atoms with van der Waals surface area (Å²) in [6.07, 6.45) is -4.83. The van der Waals surface area contributed by atoms with Crippen LogP contribution >= 0.6 is 11.6 Å². The van der Waals surface area contributed by atoms with E-state index in [0.717, 1.165) is 12.1 Å². The highest BCUT2D eigenvalue weighted by Crippen LogP contribution is 2.39. The maximum Gasteiger partial charge on any atom is 0.573 e. The van der Waals surface area contributed by atoms with Crippen molar-refractivity contribution in [2.45, 2.75) is 25.4 Å².